The van der Waals surface area contributed by atoms with Crippen LogP contribution in [0.4, 0.5) is 9.18 Å². The molecule has 1 saturated carbocycles. The summed E-state index contributed by atoms with van der Waals surface area (Å²) in [4.78, 5) is 24.6. The number of carbonyl (C=O) groups excluding carboxylic acids is 2. The Morgan fingerprint density at radius 2 is 1.85 bits per heavy atom. The Labute approximate surface area is 154 Å². The van der Waals surface area contributed by atoms with Crippen molar-refractivity contribution in [2.75, 3.05) is 0 Å². The maximum Gasteiger partial charge on any atom is 0.315 e. The molecule has 1 aliphatic rings. The number of carbonyl (C=O) groups is 2. The summed E-state index contributed by atoms with van der Waals surface area (Å²) in [6, 6.07) is 5.30. The average molecular weight is 364 g/mol. The van der Waals surface area contributed by atoms with Gasteiger partial charge in [0.1, 0.15) is 11.9 Å². The van der Waals surface area contributed by atoms with Crippen LogP contribution in [0.15, 0.2) is 24.3 Å². The van der Waals surface area contributed by atoms with Gasteiger partial charge in [0.2, 0.25) is 5.91 Å². The van der Waals surface area contributed by atoms with Crippen LogP contribution in [-0.4, -0.2) is 30.1 Å². The van der Waals surface area contributed by atoms with Crippen LogP contribution in [0.3, 0.4) is 0 Å². The van der Waals surface area contributed by atoms with Gasteiger partial charge in [-0.05, 0) is 49.8 Å². The molecule has 5 N–H and O–H groups in total. The third-order valence-electron chi connectivity index (χ3n) is 4.68. The quantitative estimate of drug-likeness (QED) is 0.597. The Hall–Kier alpha value is -2.15. The van der Waals surface area contributed by atoms with Crippen molar-refractivity contribution in [2.24, 2.45) is 5.73 Å². The summed E-state index contributed by atoms with van der Waals surface area (Å²) in [5.41, 5.74) is 6.68. The molecular formula is C19H29FN4O2. The van der Waals surface area contributed by atoms with Crippen LogP contribution >= 0.6 is 0 Å². The van der Waals surface area contributed by atoms with Crippen molar-refractivity contribution in [3.05, 3.63) is 35.6 Å². The van der Waals surface area contributed by atoms with Gasteiger partial charge in [0.15, 0.2) is 0 Å². The molecule has 7 heteroatoms. The normalized spacial score (nSPS) is 20.9. The van der Waals surface area contributed by atoms with Gasteiger partial charge in [-0.2, -0.15) is 0 Å². The van der Waals surface area contributed by atoms with E-state index in [1.165, 1.54) is 12.1 Å². The smallest absolute Gasteiger partial charge is 0.315 e. The number of nitrogens with one attached hydrogen (secondary N) is 3. The lowest BCUT2D eigenvalue weighted by molar-refractivity contribution is -0.124. The largest absolute Gasteiger partial charge is 0.352 e. The first-order valence-corrected chi connectivity index (χ1v) is 9.32. The number of benzene rings is 1. The Morgan fingerprint density at radius 3 is 2.46 bits per heavy atom. The summed E-state index contributed by atoms with van der Waals surface area (Å²) < 4.78 is 12.9. The second-order valence-electron chi connectivity index (χ2n) is 6.92. The van der Waals surface area contributed by atoms with Crippen molar-refractivity contribution in [3.8, 4) is 0 Å². The van der Waals surface area contributed by atoms with Crippen LogP contribution in [0, 0.1) is 5.82 Å². The molecule has 1 fully saturated rings. The predicted octanol–water partition coefficient (Wildman–Crippen LogP) is 2.18. The molecule has 1 atom stereocenters. The number of rotatable bonds is 7. The topological polar surface area (TPSA) is 96.2 Å². The predicted molar refractivity (Wildman–Crippen MR) is 98.8 cm³/mol. The zero-order chi connectivity index (χ0) is 18.9. The van der Waals surface area contributed by atoms with E-state index >= 15 is 0 Å². The first-order chi connectivity index (χ1) is 12.5. The van der Waals surface area contributed by atoms with Crippen molar-refractivity contribution < 1.29 is 14.0 Å². The number of hydrogen-bond donors (Lipinski definition) is 4. The molecule has 0 bridgehead atoms. The van der Waals surface area contributed by atoms with E-state index in [9.17, 15) is 14.0 Å². The number of amides is 3. The molecular weight excluding hydrogens is 335 g/mol. The lowest BCUT2D eigenvalue weighted by atomic mass is 9.91. The van der Waals surface area contributed by atoms with E-state index in [1.807, 2.05) is 6.92 Å². The molecule has 144 valence electrons. The fraction of sp³-hybridized carbons (Fsp3) is 0.579. The zero-order valence-electron chi connectivity index (χ0n) is 15.3. The molecule has 1 aromatic rings. The number of halogens is 1. The molecule has 0 heterocycles. The van der Waals surface area contributed by atoms with Gasteiger partial charge in [-0.15, -0.1) is 0 Å². The van der Waals surface area contributed by atoms with Gasteiger partial charge < -0.3 is 21.7 Å². The van der Waals surface area contributed by atoms with Crippen molar-refractivity contribution in [2.45, 2.75) is 70.1 Å². The molecule has 0 aromatic heterocycles. The van der Waals surface area contributed by atoms with Gasteiger partial charge in [0, 0.05) is 18.6 Å². The van der Waals surface area contributed by atoms with E-state index in [2.05, 4.69) is 16.0 Å². The van der Waals surface area contributed by atoms with Gasteiger partial charge in [-0.1, -0.05) is 25.5 Å². The van der Waals surface area contributed by atoms with E-state index in [4.69, 9.17) is 5.73 Å². The fourth-order valence-electron chi connectivity index (χ4n) is 3.12. The van der Waals surface area contributed by atoms with E-state index in [1.54, 1.807) is 12.1 Å². The number of nitrogens with two attached hydrogens (primary N) is 1. The Balaban J connectivity index is 1.80. The molecule has 0 spiro atoms. The van der Waals surface area contributed by atoms with Gasteiger partial charge in [0.25, 0.3) is 0 Å². The SMILES string of the molecule is CCCC(NC(=O)NCc1ccc(F)cc1)C(=O)NC1CCC(N)CC1. The molecule has 3 amide bonds. The minimum atomic E-state index is -0.566. The molecule has 2 rings (SSSR count). The van der Waals surface area contributed by atoms with Gasteiger partial charge in [0.05, 0.1) is 0 Å². The van der Waals surface area contributed by atoms with Crippen LogP contribution in [-0.2, 0) is 11.3 Å². The minimum absolute atomic E-state index is 0.130. The van der Waals surface area contributed by atoms with Crippen LogP contribution < -0.4 is 21.7 Å². The van der Waals surface area contributed by atoms with Crippen LogP contribution in [0.1, 0.15) is 51.0 Å². The minimum Gasteiger partial charge on any atom is -0.352 e. The van der Waals surface area contributed by atoms with Crippen molar-refractivity contribution in [1.29, 1.82) is 0 Å². The monoisotopic (exact) mass is 364 g/mol. The molecule has 0 saturated heterocycles. The maximum atomic E-state index is 12.9. The van der Waals surface area contributed by atoms with Crippen molar-refractivity contribution in [1.82, 2.24) is 16.0 Å². The summed E-state index contributed by atoms with van der Waals surface area (Å²) in [7, 11) is 0. The lowest BCUT2D eigenvalue weighted by Gasteiger charge is -2.28. The molecule has 1 unspecified atom stereocenters. The summed E-state index contributed by atoms with van der Waals surface area (Å²) in [5, 5.41) is 8.47. The third kappa shape index (κ3) is 6.63. The molecule has 1 aromatic carbocycles. The molecule has 6 nitrogen and oxygen atoms in total. The van der Waals surface area contributed by atoms with E-state index < -0.39 is 12.1 Å². The van der Waals surface area contributed by atoms with Crippen LogP contribution in [0.2, 0.25) is 0 Å². The van der Waals surface area contributed by atoms with Crippen molar-refractivity contribution >= 4 is 11.9 Å². The van der Waals surface area contributed by atoms with Crippen LogP contribution in [0.5, 0.6) is 0 Å². The van der Waals surface area contributed by atoms with Gasteiger partial charge >= 0.3 is 6.03 Å². The van der Waals surface area contributed by atoms with E-state index in [-0.39, 0.29) is 30.4 Å². The highest BCUT2D eigenvalue weighted by atomic mass is 19.1. The first-order valence-electron chi connectivity index (χ1n) is 9.32. The summed E-state index contributed by atoms with van der Waals surface area (Å²) in [6.07, 6.45) is 4.93. The highest BCUT2D eigenvalue weighted by Gasteiger charge is 2.25. The summed E-state index contributed by atoms with van der Waals surface area (Å²) >= 11 is 0. The molecule has 26 heavy (non-hydrogen) atoms. The average Bonchev–Trinajstić information content (AvgIpc) is 2.63. The second kappa shape index (κ2) is 10.1. The third-order valence-corrected chi connectivity index (χ3v) is 4.68. The maximum absolute atomic E-state index is 12.9. The van der Waals surface area contributed by atoms with E-state index in [0.717, 1.165) is 37.7 Å². The zero-order valence-corrected chi connectivity index (χ0v) is 15.3. The van der Waals surface area contributed by atoms with Gasteiger partial charge in [-0.25, -0.2) is 9.18 Å². The molecule has 1 aliphatic carbocycles. The highest BCUT2D eigenvalue weighted by molar-refractivity contribution is 5.87. The molecule has 0 radical (unpaired) electrons. The second-order valence-corrected chi connectivity index (χ2v) is 6.92. The standard InChI is InChI=1S/C19H29FN4O2/c1-2-3-17(18(25)23-16-10-8-15(21)9-11-16)24-19(26)22-12-13-4-6-14(20)7-5-13/h4-7,15-17H,2-3,8-12,21H2,1H3,(H,23,25)(H2,22,24,26). The van der Waals surface area contributed by atoms with Crippen molar-refractivity contribution in [3.63, 3.8) is 0 Å². The highest BCUT2D eigenvalue weighted by Crippen LogP contribution is 2.17. The van der Waals surface area contributed by atoms with Gasteiger partial charge in [-0.3, -0.25) is 4.79 Å². The number of urea groups is 1. The Bertz CT molecular complexity index is 586. The van der Waals surface area contributed by atoms with E-state index in [0.29, 0.717) is 6.42 Å². The molecule has 0 aliphatic heterocycles. The lowest BCUT2D eigenvalue weighted by Crippen LogP contribution is -2.52. The first kappa shape index (κ1) is 20.2. The Kier molecular flexibility index (Phi) is 7.84. The number of hydrogen-bond acceptors (Lipinski definition) is 3. The summed E-state index contributed by atoms with van der Waals surface area (Å²) in [6.45, 7) is 2.24. The summed E-state index contributed by atoms with van der Waals surface area (Å²) in [5.74, 6) is -0.467. The Morgan fingerprint density at radius 1 is 1.19 bits per heavy atom. The van der Waals surface area contributed by atoms with Crippen LogP contribution in [0.25, 0.3) is 0 Å². The fourth-order valence-corrected chi connectivity index (χ4v) is 3.12.